The molecule has 0 aromatic heterocycles. The quantitative estimate of drug-likeness (QED) is 0.709. The van der Waals surface area contributed by atoms with Crippen LogP contribution in [-0.4, -0.2) is 5.11 Å². The Morgan fingerprint density at radius 1 is 0.950 bits per heavy atom. The Balaban J connectivity index is 2.24. The summed E-state index contributed by atoms with van der Waals surface area (Å²) in [5.74, 6) is -0.569. The van der Waals surface area contributed by atoms with Gasteiger partial charge in [-0.15, -0.1) is 5.11 Å². The maximum Gasteiger partial charge on any atom is 0.416 e. The first-order chi connectivity index (χ1) is 9.36. The zero-order valence-electron chi connectivity index (χ0n) is 9.89. The smallest absolute Gasteiger partial charge is 0.416 e. The van der Waals surface area contributed by atoms with Gasteiger partial charge in [0.1, 0.15) is 11.4 Å². The van der Waals surface area contributed by atoms with E-state index in [4.69, 9.17) is 0 Å². The third kappa shape index (κ3) is 3.57. The first-order valence-corrected chi connectivity index (χ1v) is 6.23. The second-order valence-corrected chi connectivity index (χ2v) is 4.79. The summed E-state index contributed by atoms with van der Waals surface area (Å²) in [6.45, 7) is 0. The molecule has 0 heterocycles. The minimum absolute atomic E-state index is 0.0269. The fourth-order valence-electron chi connectivity index (χ4n) is 1.40. The second-order valence-electron chi connectivity index (χ2n) is 3.88. The summed E-state index contributed by atoms with van der Waals surface area (Å²) in [4.78, 5) is 0. The Kier molecular flexibility index (Phi) is 4.08. The molecule has 0 spiro atoms. The van der Waals surface area contributed by atoms with Gasteiger partial charge in [-0.2, -0.15) is 18.3 Å². The van der Waals surface area contributed by atoms with E-state index in [0.29, 0.717) is 11.8 Å². The molecular weight excluding hydrogens is 337 g/mol. The van der Waals surface area contributed by atoms with Crippen molar-refractivity contribution >= 4 is 27.3 Å². The van der Waals surface area contributed by atoms with Crippen molar-refractivity contribution in [3.05, 3.63) is 52.5 Å². The number of halogens is 4. The summed E-state index contributed by atoms with van der Waals surface area (Å²) in [6, 6.07) is 9.39. The molecule has 0 fully saturated rings. The number of hydrogen-bond donors (Lipinski definition) is 1. The zero-order valence-corrected chi connectivity index (χ0v) is 11.5. The molecule has 0 bridgehead atoms. The summed E-state index contributed by atoms with van der Waals surface area (Å²) < 4.78 is 38.1. The molecule has 104 valence electrons. The second kappa shape index (κ2) is 5.62. The van der Waals surface area contributed by atoms with Crippen LogP contribution in [-0.2, 0) is 6.18 Å². The Hall–Kier alpha value is -1.89. The van der Waals surface area contributed by atoms with Crippen molar-refractivity contribution in [3.63, 3.8) is 0 Å². The van der Waals surface area contributed by atoms with Gasteiger partial charge in [-0.05, 0) is 42.5 Å². The third-order valence-electron chi connectivity index (χ3n) is 2.40. The van der Waals surface area contributed by atoms with Crippen molar-refractivity contribution in [2.45, 2.75) is 6.18 Å². The van der Waals surface area contributed by atoms with E-state index in [9.17, 15) is 18.3 Å². The van der Waals surface area contributed by atoms with Crippen LogP contribution in [0.25, 0.3) is 0 Å². The van der Waals surface area contributed by atoms with Crippen LogP contribution in [0, 0.1) is 0 Å². The maximum atomic E-state index is 12.4. The van der Waals surface area contributed by atoms with E-state index in [1.807, 2.05) is 0 Å². The number of azo groups is 1. The van der Waals surface area contributed by atoms with Gasteiger partial charge in [0.05, 0.1) is 11.3 Å². The van der Waals surface area contributed by atoms with Gasteiger partial charge in [-0.1, -0.05) is 15.9 Å². The number of nitrogens with zero attached hydrogens (tertiary/aromatic N) is 2. The molecule has 0 aliphatic rings. The standard InChI is InChI=1S/C13H8BrF3N2O/c14-9-2-4-10(5-3-9)18-19-11-6-1-8(7-12(11)20)13(15,16)17/h1-7,20H. The van der Waals surface area contributed by atoms with Crippen LogP contribution in [0.2, 0.25) is 0 Å². The minimum Gasteiger partial charge on any atom is -0.506 e. The summed E-state index contributed by atoms with van der Waals surface area (Å²) >= 11 is 3.26. The van der Waals surface area contributed by atoms with Crippen molar-refractivity contribution in [2.24, 2.45) is 10.2 Å². The van der Waals surface area contributed by atoms with Crippen molar-refractivity contribution in [1.82, 2.24) is 0 Å². The average Bonchev–Trinajstić information content (AvgIpc) is 2.38. The molecule has 0 amide bonds. The highest BCUT2D eigenvalue weighted by molar-refractivity contribution is 9.10. The molecule has 1 N–H and O–H groups in total. The van der Waals surface area contributed by atoms with E-state index in [2.05, 4.69) is 26.2 Å². The van der Waals surface area contributed by atoms with Crippen molar-refractivity contribution in [1.29, 1.82) is 0 Å². The van der Waals surface area contributed by atoms with Crippen LogP contribution in [0.3, 0.4) is 0 Å². The Bertz CT molecular complexity index is 639. The normalized spacial score (nSPS) is 12.0. The fourth-order valence-corrected chi connectivity index (χ4v) is 1.67. The van der Waals surface area contributed by atoms with Crippen LogP contribution in [0.15, 0.2) is 57.2 Å². The van der Waals surface area contributed by atoms with E-state index >= 15 is 0 Å². The first kappa shape index (κ1) is 14.5. The lowest BCUT2D eigenvalue weighted by atomic mass is 10.2. The van der Waals surface area contributed by atoms with E-state index in [1.165, 1.54) is 0 Å². The predicted octanol–water partition coefficient (Wildman–Crippen LogP) is 5.59. The molecular formula is C13H8BrF3N2O. The number of rotatable bonds is 2. The monoisotopic (exact) mass is 344 g/mol. The lowest BCUT2D eigenvalue weighted by Gasteiger charge is -2.07. The van der Waals surface area contributed by atoms with Crippen LogP contribution in [0.5, 0.6) is 5.75 Å². The third-order valence-corrected chi connectivity index (χ3v) is 2.93. The molecule has 0 atom stereocenters. The summed E-state index contributed by atoms with van der Waals surface area (Å²) in [5.41, 5.74) is -0.439. The van der Waals surface area contributed by atoms with E-state index in [-0.39, 0.29) is 5.69 Å². The average molecular weight is 345 g/mol. The number of hydrogen-bond acceptors (Lipinski definition) is 3. The summed E-state index contributed by atoms with van der Waals surface area (Å²) in [5, 5.41) is 17.1. The van der Waals surface area contributed by atoms with Gasteiger partial charge >= 0.3 is 6.18 Å². The van der Waals surface area contributed by atoms with Gasteiger partial charge in [0, 0.05) is 4.47 Å². The molecule has 3 nitrogen and oxygen atoms in total. The van der Waals surface area contributed by atoms with Gasteiger partial charge in [0.15, 0.2) is 0 Å². The Morgan fingerprint density at radius 2 is 1.60 bits per heavy atom. The molecule has 2 rings (SSSR count). The van der Waals surface area contributed by atoms with E-state index < -0.39 is 17.5 Å². The number of phenolic OH excluding ortho intramolecular Hbond substituents is 1. The van der Waals surface area contributed by atoms with Gasteiger partial charge in [0.2, 0.25) is 0 Å². The van der Waals surface area contributed by atoms with Crippen molar-refractivity contribution < 1.29 is 18.3 Å². The Labute approximate surface area is 120 Å². The molecule has 0 saturated carbocycles. The SMILES string of the molecule is Oc1cc(C(F)(F)F)ccc1N=Nc1ccc(Br)cc1. The van der Waals surface area contributed by atoms with E-state index in [1.54, 1.807) is 24.3 Å². The molecule has 7 heteroatoms. The van der Waals surface area contributed by atoms with Gasteiger partial charge in [0.25, 0.3) is 0 Å². The summed E-state index contributed by atoms with van der Waals surface area (Å²) in [7, 11) is 0. The van der Waals surface area contributed by atoms with Gasteiger partial charge in [-0.3, -0.25) is 0 Å². The zero-order chi connectivity index (χ0) is 14.8. The topological polar surface area (TPSA) is 45.0 Å². The van der Waals surface area contributed by atoms with Crippen LogP contribution in [0.4, 0.5) is 24.5 Å². The molecule has 0 unspecified atom stereocenters. The van der Waals surface area contributed by atoms with E-state index in [0.717, 1.165) is 16.6 Å². The van der Waals surface area contributed by atoms with Crippen LogP contribution >= 0.6 is 15.9 Å². The lowest BCUT2D eigenvalue weighted by Crippen LogP contribution is -2.03. The molecule has 0 aliphatic heterocycles. The first-order valence-electron chi connectivity index (χ1n) is 5.44. The number of benzene rings is 2. The van der Waals surface area contributed by atoms with Crippen molar-refractivity contribution in [2.75, 3.05) is 0 Å². The van der Waals surface area contributed by atoms with Gasteiger partial charge < -0.3 is 5.11 Å². The minimum atomic E-state index is -4.50. The number of aromatic hydroxyl groups is 1. The molecule has 0 aliphatic carbocycles. The lowest BCUT2D eigenvalue weighted by molar-refractivity contribution is -0.137. The highest BCUT2D eigenvalue weighted by atomic mass is 79.9. The molecule has 20 heavy (non-hydrogen) atoms. The number of alkyl halides is 3. The largest absolute Gasteiger partial charge is 0.506 e. The van der Waals surface area contributed by atoms with Crippen molar-refractivity contribution in [3.8, 4) is 5.75 Å². The van der Waals surface area contributed by atoms with Crippen LogP contribution in [0.1, 0.15) is 5.56 Å². The highest BCUT2D eigenvalue weighted by Crippen LogP contribution is 2.36. The summed E-state index contributed by atoms with van der Waals surface area (Å²) in [6.07, 6.45) is -4.50. The number of phenols is 1. The highest BCUT2D eigenvalue weighted by Gasteiger charge is 2.31. The fraction of sp³-hybridized carbons (Fsp3) is 0.0769. The van der Waals surface area contributed by atoms with Gasteiger partial charge in [-0.25, -0.2) is 0 Å². The predicted molar refractivity (Wildman–Crippen MR) is 71.4 cm³/mol. The molecule has 2 aromatic carbocycles. The Morgan fingerprint density at radius 3 is 2.15 bits per heavy atom. The molecule has 2 aromatic rings. The molecule has 0 saturated heterocycles. The van der Waals surface area contributed by atoms with Crippen LogP contribution < -0.4 is 0 Å². The maximum absolute atomic E-state index is 12.4. The molecule has 0 radical (unpaired) electrons.